The van der Waals surface area contributed by atoms with Gasteiger partial charge in [-0.25, -0.2) is 43.2 Å². The lowest BCUT2D eigenvalue weighted by atomic mass is 10.2. The molecule has 0 aliphatic carbocycles. The van der Waals surface area contributed by atoms with Crippen LogP contribution in [0.2, 0.25) is 0 Å². The van der Waals surface area contributed by atoms with Gasteiger partial charge in [-0.15, -0.1) is 11.6 Å². The summed E-state index contributed by atoms with van der Waals surface area (Å²) in [7, 11) is 7.78. The number of primary amides is 3. The number of imide groups is 1. The zero-order chi connectivity index (χ0) is 59.7. The van der Waals surface area contributed by atoms with E-state index in [0.717, 1.165) is 44.5 Å². The number of hydrogen-bond acceptors (Lipinski definition) is 12. The summed E-state index contributed by atoms with van der Waals surface area (Å²) < 4.78 is 0. The lowest BCUT2D eigenvalue weighted by Gasteiger charge is -2.03. The molecular weight excluding hydrogens is 1010 g/mol. The van der Waals surface area contributed by atoms with Crippen molar-refractivity contribution in [3.63, 3.8) is 0 Å². The minimum absolute atomic E-state index is 0.0521. The number of carbonyl (C=O) groups excluding carboxylic acids is 10. The first-order valence-corrected chi connectivity index (χ1v) is 24.3. The summed E-state index contributed by atoms with van der Waals surface area (Å²) in [5.74, 6) is 0.0486. The van der Waals surface area contributed by atoms with Gasteiger partial charge in [0.05, 0.1) is 13.2 Å². The first-order chi connectivity index (χ1) is 35.4. The number of hydrogen-bond donors (Lipinski definition) is 19. The van der Waals surface area contributed by atoms with E-state index in [9.17, 15) is 47.9 Å². The summed E-state index contributed by atoms with van der Waals surface area (Å²) in [5.41, 5.74) is 15.3. The van der Waals surface area contributed by atoms with Crippen molar-refractivity contribution in [2.75, 3.05) is 113 Å². The summed E-state index contributed by atoms with van der Waals surface area (Å²) >= 11 is 5.18. The van der Waals surface area contributed by atoms with Gasteiger partial charge in [0.1, 0.15) is 0 Å². The fourth-order valence-corrected chi connectivity index (χ4v) is 3.18. The zero-order valence-electron chi connectivity index (χ0n) is 46.2. The molecule has 0 radical (unpaired) electrons. The predicted molar refractivity (Wildman–Crippen MR) is 294 cm³/mol. The number of benzene rings is 1. The van der Waals surface area contributed by atoms with Gasteiger partial charge < -0.3 is 101 Å². The van der Waals surface area contributed by atoms with E-state index in [1.165, 1.54) is 18.9 Å². The van der Waals surface area contributed by atoms with E-state index in [0.29, 0.717) is 38.6 Å². The zero-order valence-corrected chi connectivity index (χ0v) is 47.0. The molecule has 22 N–H and O–H groups in total. The Morgan fingerprint density at radius 3 is 1.01 bits per heavy atom. The van der Waals surface area contributed by atoms with Gasteiger partial charge in [-0.2, -0.15) is 0 Å². The number of alkyl halides is 1. The number of nitrogens with zero attached hydrogens (tertiary/aromatic N) is 1. The number of rotatable bonds is 17. The number of urea groups is 9. The van der Waals surface area contributed by atoms with Crippen molar-refractivity contribution in [3.8, 4) is 0 Å². The molecule has 19 amide bonds. The predicted octanol–water partition coefficient (Wildman–Crippen LogP) is -0.201. The van der Waals surface area contributed by atoms with Crippen molar-refractivity contribution in [1.82, 2.24) is 79.3 Å². The fraction of sp³-hybridized carbons (Fsp3) is 0.636. The molecule has 1 rings (SSSR count). The number of carbonyl (C=O) groups is 10. The SMILES string of the molecule is CCCNC(=O)NCC.CCCNC(=O)NCCC.CCNC(=O)NCC.CN(C)C(N)=O.CNC(=O)NC.CNC(=O)NC(C)=O.NC(=O)NCCCl.NC(=O)NCc1ccccc1.O=C(NCCO)NCCO. The number of nitrogens with two attached hydrogens (primary N) is 3. The van der Waals surface area contributed by atoms with Gasteiger partial charge in [0.2, 0.25) is 5.91 Å². The average Bonchev–Trinajstić information content (AvgIpc) is 3.38. The van der Waals surface area contributed by atoms with E-state index < -0.39 is 24.1 Å². The molecule has 1 aromatic rings. The van der Waals surface area contributed by atoms with E-state index in [1.54, 1.807) is 28.2 Å². The normalized spacial score (nSPS) is 8.41. The monoisotopic (exact) mass is 1100 g/mol. The Kier molecular flexibility index (Phi) is 79.6. The van der Waals surface area contributed by atoms with Crippen molar-refractivity contribution < 1.29 is 58.2 Å². The van der Waals surface area contributed by atoms with E-state index in [-0.39, 0.29) is 62.4 Å². The van der Waals surface area contributed by atoms with E-state index in [2.05, 4.69) is 74.9 Å². The molecule has 0 aliphatic heterocycles. The first-order valence-electron chi connectivity index (χ1n) is 23.7. The van der Waals surface area contributed by atoms with Crippen molar-refractivity contribution >= 4 is 71.8 Å². The van der Waals surface area contributed by atoms with Gasteiger partial charge >= 0.3 is 54.3 Å². The minimum atomic E-state index is -0.527. The molecule has 0 unspecified atom stereocenters. The molecule has 1 aromatic carbocycles. The summed E-state index contributed by atoms with van der Waals surface area (Å²) in [4.78, 5) is 104. The van der Waals surface area contributed by atoms with Gasteiger partial charge in [-0.05, 0) is 45.6 Å². The Bertz CT molecular complexity index is 1500. The highest BCUT2D eigenvalue weighted by Crippen LogP contribution is 1.96. The molecule has 75 heavy (non-hydrogen) atoms. The van der Waals surface area contributed by atoms with Gasteiger partial charge in [0, 0.05) is 113 Å². The van der Waals surface area contributed by atoms with Crippen LogP contribution >= 0.6 is 11.6 Å². The van der Waals surface area contributed by atoms with Crippen LogP contribution in [0.25, 0.3) is 0 Å². The van der Waals surface area contributed by atoms with Crippen LogP contribution in [0.1, 0.15) is 73.3 Å². The summed E-state index contributed by atoms with van der Waals surface area (Å²) in [6.45, 7) is 18.6. The highest BCUT2D eigenvalue weighted by molar-refractivity contribution is 6.18. The molecule has 0 aromatic heterocycles. The van der Waals surface area contributed by atoms with Crippen LogP contribution in [0.5, 0.6) is 0 Å². The standard InChI is InChI=1S/C8H10N2O.C7H16N2O.C6H14N2O.C5H12N2O3.C5H12N2O.C4H8N2O2.C3H7ClN2O.2C3H8N2O/c9-8(11)10-6-7-4-2-1-3-5-7;1-3-5-8-7(10)9-6-4-2;1-3-5-8-6(9)7-4-2;8-3-1-6-5(10)7-2-4-9;1-3-6-5(8)7-4-2;1-3(7)6-4(8)5-2;4-1-2-6-3(5)7;1-5(2)3(4)6;1-4-3(6)5-2/h1-5H,6H2,(H3,9,10,11);3-6H2,1-2H3,(H2,8,9,10);3-5H2,1-2H3,(H2,7,8,9);8-9H,1-4H2,(H2,6,7,10);3-4H2,1-2H3,(H2,6,7,8);1-2H3,(H2,5,6,7,8);1-2H2,(H3,5,6,7);1-2H3,(H2,4,6);1-2H3,(H2,4,5,6). The Morgan fingerprint density at radius 1 is 0.480 bits per heavy atom. The number of aliphatic hydroxyl groups excluding tert-OH is 2. The summed E-state index contributed by atoms with van der Waals surface area (Å²) in [6, 6.07) is 6.97. The van der Waals surface area contributed by atoms with Crippen LogP contribution in [0.3, 0.4) is 0 Å². The van der Waals surface area contributed by atoms with Crippen LogP contribution in [0.4, 0.5) is 43.2 Å². The fourth-order valence-electron chi connectivity index (χ4n) is 3.09. The minimum Gasteiger partial charge on any atom is -0.395 e. The first kappa shape index (κ1) is 84.3. The molecule has 30 nitrogen and oxygen atoms in total. The van der Waals surface area contributed by atoms with Gasteiger partial charge in [0.25, 0.3) is 0 Å². The number of nitrogens with one attached hydrogen (secondary N) is 14. The maximum absolute atomic E-state index is 10.7. The number of halogens is 1. The third-order valence-electron chi connectivity index (χ3n) is 6.53. The lowest BCUT2D eigenvalue weighted by Crippen LogP contribution is -2.38. The Morgan fingerprint density at radius 2 is 0.800 bits per heavy atom. The third kappa shape index (κ3) is 100. The lowest BCUT2D eigenvalue weighted by molar-refractivity contribution is -0.117. The van der Waals surface area contributed by atoms with Gasteiger partial charge in [0.15, 0.2) is 0 Å². The maximum Gasteiger partial charge on any atom is 0.321 e. The van der Waals surface area contributed by atoms with Crippen molar-refractivity contribution in [1.29, 1.82) is 0 Å². The van der Waals surface area contributed by atoms with Crippen LogP contribution in [-0.4, -0.2) is 189 Å². The number of aliphatic hydroxyl groups is 2. The second-order valence-corrected chi connectivity index (χ2v) is 13.9. The molecule has 0 bridgehead atoms. The maximum atomic E-state index is 10.7. The molecule has 0 atom stereocenters. The molecule has 0 fully saturated rings. The quantitative estimate of drug-likeness (QED) is 0.0903. The van der Waals surface area contributed by atoms with Gasteiger partial charge in [-0.3, -0.25) is 10.1 Å². The van der Waals surface area contributed by atoms with Crippen molar-refractivity contribution in [3.05, 3.63) is 35.9 Å². The van der Waals surface area contributed by atoms with Crippen LogP contribution in [0, 0.1) is 0 Å². The Balaban J connectivity index is -0.000000113. The van der Waals surface area contributed by atoms with E-state index in [1.807, 2.05) is 77.2 Å². The highest BCUT2D eigenvalue weighted by Gasteiger charge is 1.97. The molecule has 440 valence electrons. The smallest absolute Gasteiger partial charge is 0.321 e. The van der Waals surface area contributed by atoms with Crippen LogP contribution < -0.4 is 91.6 Å². The van der Waals surface area contributed by atoms with Crippen LogP contribution in [-0.2, 0) is 11.3 Å². The van der Waals surface area contributed by atoms with E-state index in [4.69, 9.17) is 33.3 Å². The molecule has 0 saturated carbocycles. The molecule has 0 spiro atoms. The van der Waals surface area contributed by atoms with Gasteiger partial charge in [-0.1, -0.05) is 51.1 Å². The summed E-state index contributed by atoms with van der Waals surface area (Å²) in [5, 5.41) is 50.9. The van der Waals surface area contributed by atoms with Crippen LogP contribution in [0.15, 0.2) is 30.3 Å². The Labute approximate surface area is 448 Å². The van der Waals surface area contributed by atoms with Crippen molar-refractivity contribution in [2.24, 2.45) is 17.2 Å². The van der Waals surface area contributed by atoms with E-state index >= 15 is 0 Å². The molecule has 0 saturated heterocycles. The van der Waals surface area contributed by atoms with Crippen molar-refractivity contribution in [2.45, 2.75) is 74.3 Å². The second-order valence-electron chi connectivity index (χ2n) is 13.5. The molecule has 0 aliphatic rings. The molecule has 0 heterocycles. The average molecular weight is 1100 g/mol. The molecular formula is C44H95ClN18O12. The topological polar surface area (TPSA) is 461 Å². The third-order valence-corrected chi connectivity index (χ3v) is 6.72. The second kappa shape index (κ2) is 70.8. The molecule has 31 heteroatoms. The number of amides is 19. The summed E-state index contributed by atoms with van der Waals surface area (Å²) in [6.07, 6.45) is 2.95. The largest absolute Gasteiger partial charge is 0.395 e. The highest BCUT2D eigenvalue weighted by atomic mass is 35.5. The Hall–Kier alpha value is -7.47.